The van der Waals surface area contributed by atoms with E-state index in [1.54, 1.807) is 11.4 Å². The Hall–Kier alpha value is -2.03. The fourth-order valence-electron chi connectivity index (χ4n) is 1.93. The molecule has 0 atom stereocenters. The molecule has 2 aromatic heterocycles. The topological polar surface area (TPSA) is 85.1 Å². The van der Waals surface area contributed by atoms with E-state index in [4.69, 9.17) is 4.42 Å². The average Bonchev–Trinajstić information content (AvgIpc) is 3.23. The van der Waals surface area contributed by atoms with Gasteiger partial charge in [0.2, 0.25) is 21.8 Å². The number of thiophene rings is 1. The first-order valence-corrected chi connectivity index (χ1v) is 9.39. The second-order valence-corrected chi connectivity index (χ2v) is 7.72. The van der Waals surface area contributed by atoms with Crippen LogP contribution in [0.5, 0.6) is 0 Å². The van der Waals surface area contributed by atoms with Crippen molar-refractivity contribution in [3.63, 3.8) is 0 Å². The molecule has 0 radical (unpaired) electrons. The Kier molecular flexibility index (Phi) is 4.56. The maximum Gasteiger partial charge on any atom is 0.250 e. The minimum atomic E-state index is -3.57. The lowest BCUT2D eigenvalue weighted by molar-refractivity contribution is 0.513. The first-order valence-electron chi connectivity index (χ1n) is 7.03. The molecule has 0 aliphatic carbocycles. The number of sulfonamides is 1. The van der Waals surface area contributed by atoms with Gasteiger partial charge in [-0.15, -0.1) is 21.5 Å². The van der Waals surface area contributed by atoms with Gasteiger partial charge in [-0.2, -0.15) is 0 Å². The first-order chi connectivity index (χ1) is 11.1. The molecule has 0 bridgehead atoms. The van der Waals surface area contributed by atoms with Gasteiger partial charge < -0.3 is 4.42 Å². The van der Waals surface area contributed by atoms with Gasteiger partial charge in [0.25, 0.3) is 0 Å². The molecule has 0 unspecified atom stereocenters. The molecule has 8 heteroatoms. The minimum Gasteiger partial charge on any atom is -0.421 e. The monoisotopic (exact) mass is 349 g/mol. The molecule has 23 heavy (non-hydrogen) atoms. The maximum atomic E-state index is 12.3. The number of nitrogens with one attached hydrogen (secondary N) is 1. The summed E-state index contributed by atoms with van der Waals surface area (Å²) in [5, 5.41) is 9.50. The highest BCUT2D eigenvalue weighted by molar-refractivity contribution is 7.91. The number of aromatic nitrogens is 2. The number of benzene rings is 1. The summed E-state index contributed by atoms with van der Waals surface area (Å²) in [5.41, 5.74) is 1.51. The zero-order valence-corrected chi connectivity index (χ0v) is 14.0. The van der Waals surface area contributed by atoms with Crippen molar-refractivity contribution in [2.45, 2.75) is 24.1 Å². The van der Waals surface area contributed by atoms with Crippen molar-refractivity contribution in [1.29, 1.82) is 0 Å². The van der Waals surface area contributed by atoms with Gasteiger partial charge in [-0.05, 0) is 11.6 Å². The third-order valence-corrected chi connectivity index (χ3v) is 6.01. The largest absolute Gasteiger partial charge is 0.421 e. The Bertz CT molecular complexity index is 886. The molecule has 0 saturated heterocycles. The van der Waals surface area contributed by atoms with E-state index in [0.29, 0.717) is 23.8 Å². The number of hydrogen-bond acceptors (Lipinski definition) is 6. The molecule has 0 spiro atoms. The molecule has 1 aromatic carbocycles. The molecule has 0 aliphatic rings. The fourth-order valence-corrected chi connectivity index (χ4v) is 4.14. The molecular formula is C15H15N3O3S2. The summed E-state index contributed by atoms with van der Waals surface area (Å²) in [7, 11) is -3.57. The van der Waals surface area contributed by atoms with Crippen molar-refractivity contribution in [1.82, 2.24) is 14.9 Å². The predicted octanol–water partition coefficient (Wildman–Crippen LogP) is 2.84. The van der Waals surface area contributed by atoms with Gasteiger partial charge >= 0.3 is 0 Å². The standard InChI is InChI=1S/C15H15N3O3S2/c1-2-13-17-18-15(21-13)12-8-14(22-10-12)23(19,20)16-9-11-6-4-3-5-7-11/h3-8,10,16H,2,9H2,1H3. The zero-order chi connectivity index (χ0) is 16.3. The average molecular weight is 349 g/mol. The van der Waals surface area contributed by atoms with Crippen molar-refractivity contribution in [2.75, 3.05) is 0 Å². The van der Waals surface area contributed by atoms with E-state index < -0.39 is 10.0 Å². The number of nitrogens with zero attached hydrogens (tertiary/aromatic N) is 2. The van der Waals surface area contributed by atoms with Crippen LogP contribution in [0.15, 0.2) is 50.4 Å². The van der Waals surface area contributed by atoms with Crippen LogP contribution in [0.1, 0.15) is 18.4 Å². The quantitative estimate of drug-likeness (QED) is 0.739. The Balaban J connectivity index is 1.75. The molecule has 0 fully saturated rings. The lowest BCUT2D eigenvalue weighted by Gasteiger charge is -2.04. The second-order valence-electron chi connectivity index (χ2n) is 4.82. The van der Waals surface area contributed by atoms with Crippen LogP contribution in [0.25, 0.3) is 11.5 Å². The molecule has 6 nitrogen and oxygen atoms in total. The van der Waals surface area contributed by atoms with E-state index in [1.807, 2.05) is 37.3 Å². The normalized spacial score (nSPS) is 11.7. The van der Waals surface area contributed by atoms with Gasteiger partial charge in [-0.1, -0.05) is 37.3 Å². The summed E-state index contributed by atoms with van der Waals surface area (Å²) in [4.78, 5) is 0. The Morgan fingerprint density at radius 3 is 2.70 bits per heavy atom. The van der Waals surface area contributed by atoms with Crippen molar-refractivity contribution in [3.05, 3.63) is 53.2 Å². The third kappa shape index (κ3) is 3.66. The van der Waals surface area contributed by atoms with E-state index in [0.717, 1.165) is 16.9 Å². The number of hydrogen-bond donors (Lipinski definition) is 1. The summed E-state index contributed by atoms with van der Waals surface area (Å²) in [6, 6.07) is 10.9. The Labute approximate surface area is 138 Å². The lowest BCUT2D eigenvalue weighted by atomic mass is 10.2. The van der Waals surface area contributed by atoms with Crippen LogP contribution in [0.4, 0.5) is 0 Å². The van der Waals surface area contributed by atoms with Crippen molar-refractivity contribution in [2.24, 2.45) is 0 Å². The van der Waals surface area contributed by atoms with Gasteiger partial charge in [0, 0.05) is 18.3 Å². The van der Waals surface area contributed by atoms with Crippen molar-refractivity contribution < 1.29 is 12.8 Å². The van der Waals surface area contributed by atoms with E-state index in [-0.39, 0.29) is 10.8 Å². The van der Waals surface area contributed by atoms with Gasteiger partial charge in [0.1, 0.15) is 4.21 Å². The first kappa shape index (κ1) is 15.9. The van der Waals surface area contributed by atoms with Gasteiger partial charge in [0.15, 0.2) is 0 Å². The zero-order valence-electron chi connectivity index (χ0n) is 12.4. The highest BCUT2D eigenvalue weighted by Crippen LogP contribution is 2.27. The number of rotatable bonds is 6. The predicted molar refractivity (Wildman–Crippen MR) is 87.5 cm³/mol. The Morgan fingerprint density at radius 1 is 1.22 bits per heavy atom. The summed E-state index contributed by atoms with van der Waals surface area (Å²) < 4.78 is 32.9. The third-order valence-electron chi connectivity index (χ3n) is 3.17. The second kappa shape index (κ2) is 6.61. The molecular weight excluding hydrogens is 334 g/mol. The highest BCUT2D eigenvalue weighted by Gasteiger charge is 2.19. The molecule has 3 aromatic rings. The van der Waals surface area contributed by atoms with Crippen LogP contribution in [0, 0.1) is 0 Å². The van der Waals surface area contributed by atoms with Gasteiger partial charge in [-0.25, -0.2) is 13.1 Å². The molecule has 120 valence electrons. The summed E-state index contributed by atoms with van der Waals surface area (Å²) in [6.45, 7) is 2.16. The molecule has 0 saturated carbocycles. The van der Waals surface area contributed by atoms with Crippen LogP contribution in [-0.2, 0) is 23.0 Å². The van der Waals surface area contributed by atoms with E-state index in [1.165, 1.54) is 0 Å². The van der Waals surface area contributed by atoms with Crippen LogP contribution in [0.3, 0.4) is 0 Å². The fraction of sp³-hybridized carbons (Fsp3) is 0.200. The van der Waals surface area contributed by atoms with E-state index in [2.05, 4.69) is 14.9 Å². The van der Waals surface area contributed by atoms with Crippen LogP contribution in [0.2, 0.25) is 0 Å². The van der Waals surface area contributed by atoms with E-state index in [9.17, 15) is 8.42 Å². The summed E-state index contributed by atoms with van der Waals surface area (Å²) in [5.74, 6) is 0.861. The van der Waals surface area contributed by atoms with E-state index >= 15 is 0 Å². The van der Waals surface area contributed by atoms with Crippen LogP contribution in [-0.4, -0.2) is 18.6 Å². The molecule has 1 N–H and O–H groups in total. The molecule has 3 rings (SSSR count). The van der Waals surface area contributed by atoms with Crippen LogP contribution >= 0.6 is 11.3 Å². The van der Waals surface area contributed by atoms with Crippen molar-refractivity contribution in [3.8, 4) is 11.5 Å². The SMILES string of the molecule is CCc1nnc(-c2csc(S(=O)(=O)NCc3ccccc3)c2)o1. The van der Waals surface area contributed by atoms with Gasteiger partial charge in [0.05, 0.1) is 5.56 Å². The maximum absolute atomic E-state index is 12.3. The molecule has 2 heterocycles. The Morgan fingerprint density at radius 2 is 2.00 bits per heavy atom. The molecule has 0 aliphatic heterocycles. The summed E-state index contributed by atoms with van der Waals surface area (Å²) >= 11 is 1.13. The smallest absolute Gasteiger partial charge is 0.250 e. The van der Waals surface area contributed by atoms with Crippen molar-refractivity contribution >= 4 is 21.4 Å². The summed E-state index contributed by atoms with van der Waals surface area (Å²) in [6.07, 6.45) is 0.640. The molecule has 0 amide bonds. The highest BCUT2D eigenvalue weighted by atomic mass is 32.2. The minimum absolute atomic E-state index is 0.222. The van der Waals surface area contributed by atoms with Crippen LogP contribution < -0.4 is 4.72 Å². The van der Waals surface area contributed by atoms with Gasteiger partial charge in [-0.3, -0.25) is 0 Å². The number of aryl methyl sites for hydroxylation is 1. The lowest BCUT2D eigenvalue weighted by Crippen LogP contribution is -2.22.